The summed E-state index contributed by atoms with van der Waals surface area (Å²) in [6, 6.07) is 3.46. The highest BCUT2D eigenvalue weighted by molar-refractivity contribution is 7.07. The van der Waals surface area contributed by atoms with Crippen LogP contribution in [0.5, 0.6) is 0 Å². The average Bonchev–Trinajstić information content (AvgIpc) is 2.99. The van der Waals surface area contributed by atoms with Crippen molar-refractivity contribution in [2.75, 3.05) is 13.1 Å². The first kappa shape index (κ1) is 16.3. The van der Waals surface area contributed by atoms with E-state index in [2.05, 4.69) is 56.6 Å². The minimum atomic E-state index is 0.470. The molecule has 1 N–H and O–H groups in total. The van der Waals surface area contributed by atoms with Crippen molar-refractivity contribution >= 4 is 11.3 Å². The van der Waals surface area contributed by atoms with Gasteiger partial charge in [0.1, 0.15) is 5.82 Å². The number of rotatable bonds is 6. The van der Waals surface area contributed by atoms with Gasteiger partial charge in [-0.05, 0) is 74.0 Å². The molecule has 1 spiro atoms. The van der Waals surface area contributed by atoms with E-state index in [9.17, 15) is 0 Å². The van der Waals surface area contributed by atoms with Crippen molar-refractivity contribution < 1.29 is 0 Å². The Kier molecular flexibility index (Phi) is 4.50. The second kappa shape index (κ2) is 6.62. The molecule has 2 aliphatic rings. The molecule has 2 aromatic heterocycles. The molecule has 1 saturated carbocycles. The van der Waals surface area contributed by atoms with Gasteiger partial charge in [-0.15, -0.1) is 0 Å². The Hall–Kier alpha value is -1.17. The van der Waals surface area contributed by atoms with E-state index >= 15 is 0 Å². The largest absolute Gasteiger partial charge is 0.331 e. The number of hydrogen-bond donors (Lipinski definition) is 1. The normalized spacial score (nSPS) is 22.6. The van der Waals surface area contributed by atoms with Crippen LogP contribution in [-0.4, -0.2) is 33.6 Å². The quantitative estimate of drug-likeness (QED) is 0.868. The third-order valence-corrected chi connectivity index (χ3v) is 6.53. The zero-order valence-corrected chi connectivity index (χ0v) is 15.6. The fourth-order valence-electron chi connectivity index (χ4n) is 4.32. The highest BCUT2D eigenvalue weighted by atomic mass is 32.1. The van der Waals surface area contributed by atoms with Crippen molar-refractivity contribution in [3.8, 4) is 0 Å². The number of imidazole rings is 1. The Morgan fingerprint density at radius 3 is 2.92 bits per heavy atom. The molecule has 2 aromatic rings. The third-order valence-electron chi connectivity index (χ3n) is 5.80. The number of aromatic nitrogens is 2. The van der Waals surface area contributed by atoms with Crippen molar-refractivity contribution in [3.05, 3.63) is 40.6 Å². The van der Waals surface area contributed by atoms with Crippen LogP contribution in [0.4, 0.5) is 0 Å². The van der Waals surface area contributed by atoms with Crippen LogP contribution in [0.25, 0.3) is 0 Å². The van der Waals surface area contributed by atoms with E-state index in [1.165, 1.54) is 43.7 Å². The van der Waals surface area contributed by atoms with Gasteiger partial charge in [-0.3, -0.25) is 4.90 Å². The van der Waals surface area contributed by atoms with Gasteiger partial charge < -0.3 is 9.88 Å². The molecule has 130 valence electrons. The summed E-state index contributed by atoms with van der Waals surface area (Å²) in [5.74, 6) is 1.20. The molecule has 0 amide bonds. The Morgan fingerprint density at radius 1 is 1.38 bits per heavy atom. The first-order chi connectivity index (χ1) is 11.7. The summed E-state index contributed by atoms with van der Waals surface area (Å²) in [6.07, 6.45) is 8.09. The Balaban J connectivity index is 1.53. The van der Waals surface area contributed by atoms with Crippen LogP contribution in [0.15, 0.2) is 29.2 Å². The lowest BCUT2D eigenvalue weighted by Gasteiger charge is -2.29. The topological polar surface area (TPSA) is 33.1 Å². The molecular weight excluding hydrogens is 316 g/mol. The van der Waals surface area contributed by atoms with Crippen LogP contribution >= 0.6 is 11.3 Å². The van der Waals surface area contributed by atoms with Crippen molar-refractivity contribution in [2.45, 2.75) is 58.3 Å². The summed E-state index contributed by atoms with van der Waals surface area (Å²) in [5, 5.41) is 8.00. The van der Waals surface area contributed by atoms with Gasteiger partial charge in [0.25, 0.3) is 0 Å². The van der Waals surface area contributed by atoms with Crippen molar-refractivity contribution in [2.24, 2.45) is 5.41 Å². The molecule has 4 nitrogen and oxygen atoms in total. The number of thiophene rings is 1. The zero-order chi connectivity index (χ0) is 16.6. The Morgan fingerprint density at radius 2 is 2.21 bits per heavy atom. The van der Waals surface area contributed by atoms with E-state index in [4.69, 9.17) is 0 Å². The molecule has 4 rings (SSSR count). The standard InChI is InChI=1S/C19H28N4S/c1-15(2)23-9-8-21-18(23)13-22(12-16-3-10-24-14-16)17-11-19(17)4-6-20-7-5-19/h3,8-10,14-15,17,20H,4-7,11-13H2,1-2H3. The smallest absolute Gasteiger partial charge is 0.123 e. The van der Waals surface area contributed by atoms with Crippen molar-refractivity contribution in [1.82, 2.24) is 19.8 Å². The summed E-state index contributed by atoms with van der Waals surface area (Å²) in [4.78, 5) is 7.35. The van der Waals surface area contributed by atoms with E-state index in [0.717, 1.165) is 19.1 Å². The average molecular weight is 345 g/mol. The molecule has 1 aliphatic carbocycles. The van der Waals surface area contributed by atoms with Crippen LogP contribution in [0.2, 0.25) is 0 Å². The van der Waals surface area contributed by atoms with E-state index in [1.54, 1.807) is 11.3 Å². The minimum absolute atomic E-state index is 0.470. The summed E-state index contributed by atoms with van der Waals surface area (Å²) < 4.78 is 2.32. The van der Waals surface area contributed by atoms with Gasteiger partial charge in [-0.2, -0.15) is 11.3 Å². The van der Waals surface area contributed by atoms with Gasteiger partial charge in [-0.25, -0.2) is 4.98 Å². The third kappa shape index (κ3) is 3.17. The first-order valence-electron chi connectivity index (χ1n) is 9.15. The summed E-state index contributed by atoms with van der Waals surface area (Å²) in [5.41, 5.74) is 2.01. The Labute approximate surface area is 148 Å². The number of hydrogen-bond acceptors (Lipinski definition) is 4. The Bertz CT molecular complexity index is 655. The molecule has 1 unspecified atom stereocenters. The molecule has 0 aromatic carbocycles. The van der Waals surface area contributed by atoms with E-state index in [0.29, 0.717) is 11.5 Å². The molecule has 3 heterocycles. The van der Waals surface area contributed by atoms with Crippen LogP contribution in [0.3, 0.4) is 0 Å². The summed E-state index contributed by atoms with van der Waals surface area (Å²) in [6.45, 7) is 8.85. The molecule has 1 aliphatic heterocycles. The lowest BCUT2D eigenvalue weighted by molar-refractivity contribution is 0.181. The molecule has 5 heteroatoms. The van der Waals surface area contributed by atoms with Crippen LogP contribution in [-0.2, 0) is 13.1 Å². The molecule has 0 radical (unpaired) electrons. The maximum Gasteiger partial charge on any atom is 0.123 e. The van der Waals surface area contributed by atoms with Gasteiger partial charge in [0.2, 0.25) is 0 Å². The van der Waals surface area contributed by atoms with Gasteiger partial charge in [-0.1, -0.05) is 0 Å². The van der Waals surface area contributed by atoms with Gasteiger partial charge in [0.15, 0.2) is 0 Å². The number of nitrogens with zero attached hydrogens (tertiary/aromatic N) is 3. The zero-order valence-electron chi connectivity index (χ0n) is 14.7. The van der Waals surface area contributed by atoms with E-state index in [-0.39, 0.29) is 0 Å². The lowest BCUT2D eigenvalue weighted by Crippen LogP contribution is -2.36. The number of nitrogens with one attached hydrogen (secondary N) is 1. The number of piperidine rings is 1. The fourth-order valence-corrected chi connectivity index (χ4v) is 4.98. The second-order valence-corrected chi connectivity index (χ2v) is 8.49. The molecule has 1 atom stereocenters. The maximum atomic E-state index is 4.66. The SMILES string of the molecule is CC(C)n1ccnc1CN(Cc1ccsc1)C1CC12CCNCC2. The lowest BCUT2D eigenvalue weighted by atomic mass is 9.93. The van der Waals surface area contributed by atoms with Crippen LogP contribution in [0.1, 0.15) is 50.5 Å². The van der Waals surface area contributed by atoms with Gasteiger partial charge in [0.05, 0.1) is 6.54 Å². The monoisotopic (exact) mass is 344 g/mol. The summed E-state index contributed by atoms with van der Waals surface area (Å²) in [7, 11) is 0. The van der Waals surface area contributed by atoms with Crippen molar-refractivity contribution in [1.29, 1.82) is 0 Å². The van der Waals surface area contributed by atoms with E-state index in [1.807, 2.05) is 6.20 Å². The maximum absolute atomic E-state index is 4.66. The highest BCUT2D eigenvalue weighted by Gasteiger charge is 2.56. The van der Waals surface area contributed by atoms with Crippen molar-refractivity contribution in [3.63, 3.8) is 0 Å². The predicted octanol–water partition coefficient (Wildman–Crippen LogP) is 3.67. The fraction of sp³-hybridized carbons (Fsp3) is 0.632. The first-order valence-corrected chi connectivity index (χ1v) is 10.1. The van der Waals surface area contributed by atoms with Gasteiger partial charge in [0, 0.05) is 31.0 Å². The highest BCUT2D eigenvalue weighted by Crippen LogP contribution is 2.56. The summed E-state index contributed by atoms with van der Waals surface area (Å²) >= 11 is 1.80. The van der Waals surface area contributed by atoms with Crippen LogP contribution in [0, 0.1) is 5.41 Å². The van der Waals surface area contributed by atoms with Gasteiger partial charge >= 0.3 is 0 Å². The molecule has 0 bridgehead atoms. The van der Waals surface area contributed by atoms with Crippen LogP contribution < -0.4 is 5.32 Å². The predicted molar refractivity (Wildman–Crippen MR) is 99.1 cm³/mol. The molecular formula is C19H28N4S. The molecule has 24 heavy (non-hydrogen) atoms. The molecule has 1 saturated heterocycles. The second-order valence-electron chi connectivity index (χ2n) is 7.71. The minimum Gasteiger partial charge on any atom is -0.331 e. The molecule has 2 fully saturated rings. The van der Waals surface area contributed by atoms with E-state index < -0.39 is 0 Å².